The van der Waals surface area contributed by atoms with Gasteiger partial charge in [0.1, 0.15) is 0 Å². The Kier molecular flexibility index (Phi) is 4.77. The molecule has 4 heteroatoms. The second kappa shape index (κ2) is 5.62. The fourth-order valence-electron chi connectivity index (χ4n) is 1.07. The average molecular weight is 261 g/mol. The van der Waals surface area contributed by atoms with E-state index in [1.165, 1.54) is 0 Å². The van der Waals surface area contributed by atoms with Gasteiger partial charge in [-0.2, -0.15) is 11.8 Å². The highest BCUT2D eigenvalue weighted by atomic mass is 79.9. The molecule has 0 saturated heterocycles. The molecule has 1 heterocycles. The Morgan fingerprint density at radius 1 is 1.62 bits per heavy atom. The van der Waals surface area contributed by atoms with E-state index in [-0.39, 0.29) is 6.04 Å². The highest BCUT2D eigenvalue weighted by Crippen LogP contribution is 2.09. The van der Waals surface area contributed by atoms with E-state index in [9.17, 15) is 0 Å². The van der Waals surface area contributed by atoms with Crippen LogP contribution in [-0.2, 0) is 6.42 Å². The van der Waals surface area contributed by atoms with Gasteiger partial charge >= 0.3 is 0 Å². The molecule has 1 unspecified atom stereocenters. The van der Waals surface area contributed by atoms with Crippen LogP contribution in [0.15, 0.2) is 22.8 Å². The van der Waals surface area contributed by atoms with Crippen LogP contribution in [0.5, 0.6) is 0 Å². The first-order valence-electron chi connectivity index (χ1n) is 4.07. The molecule has 2 N–H and O–H groups in total. The average Bonchev–Trinajstić information content (AvgIpc) is 2.09. The third-order valence-corrected chi connectivity index (χ3v) is 2.87. The van der Waals surface area contributed by atoms with Crippen LogP contribution < -0.4 is 5.73 Å². The largest absolute Gasteiger partial charge is 0.327 e. The summed E-state index contributed by atoms with van der Waals surface area (Å²) in [6.07, 6.45) is 4.73. The second-order valence-electron chi connectivity index (χ2n) is 2.89. The van der Waals surface area contributed by atoms with E-state index in [4.69, 9.17) is 5.73 Å². The molecule has 0 fully saturated rings. The van der Waals surface area contributed by atoms with Crippen molar-refractivity contribution < 1.29 is 0 Å². The van der Waals surface area contributed by atoms with Crippen LogP contribution >= 0.6 is 27.7 Å². The van der Waals surface area contributed by atoms with Crippen LogP contribution in [-0.4, -0.2) is 23.0 Å². The van der Waals surface area contributed by atoms with Gasteiger partial charge in [0.15, 0.2) is 0 Å². The van der Waals surface area contributed by atoms with Crippen molar-refractivity contribution >= 4 is 27.7 Å². The lowest BCUT2D eigenvalue weighted by Crippen LogP contribution is -2.25. The summed E-state index contributed by atoms with van der Waals surface area (Å²) >= 11 is 5.11. The van der Waals surface area contributed by atoms with Gasteiger partial charge in [0.25, 0.3) is 0 Å². The molecule has 13 heavy (non-hydrogen) atoms. The second-order valence-corrected chi connectivity index (χ2v) is 4.71. The van der Waals surface area contributed by atoms with E-state index >= 15 is 0 Å². The first-order chi connectivity index (χ1) is 6.22. The standard InChI is InChI=1S/C9H13BrN2S/c1-13-6-8(11)4-9-3-2-7(10)5-12-9/h2-3,5,8H,4,6,11H2,1H3. The van der Waals surface area contributed by atoms with Crippen molar-refractivity contribution in [3.05, 3.63) is 28.5 Å². The van der Waals surface area contributed by atoms with Crippen LogP contribution in [0.25, 0.3) is 0 Å². The topological polar surface area (TPSA) is 38.9 Å². The summed E-state index contributed by atoms with van der Waals surface area (Å²) in [6, 6.07) is 4.21. The summed E-state index contributed by atoms with van der Waals surface area (Å²) < 4.78 is 1.01. The third kappa shape index (κ3) is 4.11. The van der Waals surface area contributed by atoms with Crippen molar-refractivity contribution in [2.45, 2.75) is 12.5 Å². The molecule has 1 atom stereocenters. The van der Waals surface area contributed by atoms with Crippen LogP contribution in [0.1, 0.15) is 5.69 Å². The molecule has 72 valence electrons. The smallest absolute Gasteiger partial charge is 0.0420 e. The zero-order chi connectivity index (χ0) is 9.68. The van der Waals surface area contributed by atoms with Crippen molar-refractivity contribution in [2.24, 2.45) is 5.73 Å². The zero-order valence-electron chi connectivity index (χ0n) is 7.53. The molecule has 0 spiro atoms. The molecule has 0 aliphatic carbocycles. The van der Waals surface area contributed by atoms with Gasteiger partial charge < -0.3 is 5.73 Å². The number of hydrogen-bond acceptors (Lipinski definition) is 3. The Morgan fingerprint density at radius 2 is 2.38 bits per heavy atom. The van der Waals surface area contributed by atoms with Gasteiger partial charge in [-0.05, 0) is 34.3 Å². The molecule has 1 rings (SSSR count). The maximum Gasteiger partial charge on any atom is 0.0420 e. The molecule has 0 amide bonds. The molecule has 0 aromatic carbocycles. The Morgan fingerprint density at radius 3 is 2.92 bits per heavy atom. The molecular formula is C9H13BrN2S. The number of rotatable bonds is 4. The lowest BCUT2D eigenvalue weighted by Gasteiger charge is -2.08. The molecule has 0 aliphatic heterocycles. The lowest BCUT2D eigenvalue weighted by atomic mass is 10.2. The molecule has 1 aromatic heterocycles. The number of halogens is 1. The predicted molar refractivity (Wildman–Crippen MR) is 62.0 cm³/mol. The summed E-state index contributed by atoms with van der Waals surface area (Å²) in [5.74, 6) is 0.984. The predicted octanol–water partition coefficient (Wildman–Crippen LogP) is 2.08. The Hall–Kier alpha value is -0.0600. The van der Waals surface area contributed by atoms with E-state index < -0.39 is 0 Å². The highest BCUT2D eigenvalue weighted by Gasteiger charge is 2.03. The minimum absolute atomic E-state index is 0.212. The fourth-order valence-corrected chi connectivity index (χ4v) is 1.85. The summed E-state index contributed by atoms with van der Waals surface area (Å²) in [5, 5.41) is 0. The molecular weight excluding hydrogens is 248 g/mol. The molecule has 0 aliphatic rings. The molecule has 0 radical (unpaired) electrons. The quantitative estimate of drug-likeness (QED) is 0.901. The highest BCUT2D eigenvalue weighted by molar-refractivity contribution is 9.10. The maximum atomic E-state index is 5.88. The van der Waals surface area contributed by atoms with Crippen LogP contribution in [0, 0.1) is 0 Å². The van der Waals surface area contributed by atoms with Crippen molar-refractivity contribution in [3.8, 4) is 0 Å². The van der Waals surface area contributed by atoms with E-state index in [0.29, 0.717) is 0 Å². The Bertz CT molecular complexity index is 250. The summed E-state index contributed by atoms with van der Waals surface area (Å²) in [5.41, 5.74) is 6.94. The van der Waals surface area contributed by atoms with Gasteiger partial charge in [-0.3, -0.25) is 4.98 Å². The molecule has 2 nitrogen and oxygen atoms in total. The molecule has 0 bridgehead atoms. The Balaban J connectivity index is 2.49. The summed E-state index contributed by atoms with van der Waals surface area (Å²) in [7, 11) is 0. The van der Waals surface area contributed by atoms with Crippen LogP contribution in [0.2, 0.25) is 0 Å². The maximum absolute atomic E-state index is 5.88. The molecule has 0 saturated carbocycles. The first-order valence-corrected chi connectivity index (χ1v) is 6.26. The molecule has 1 aromatic rings. The minimum Gasteiger partial charge on any atom is -0.327 e. The van der Waals surface area contributed by atoms with Gasteiger partial charge in [-0.25, -0.2) is 0 Å². The van der Waals surface area contributed by atoms with E-state index in [1.807, 2.05) is 12.1 Å². The van der Waals surface area contributed by atoms with Gasteiger partial charge in [0, 0.05) is 34.6 Å². The van der Waals surface area contributed by atoms with Crippen LogP contribution in [0.4, 0.5) is 0 Å². The first kappa shape index (κ1) is 11.0. The minimum atomic E-state index is 0.212. The third-order valence-electron chi connectivity index (χ3n) is 1.64. The van der Waals surface area contributed by atoms with Gasteiger partial charge in [0.2, 0.25) is 0 Å². The van der Waals surface area contributed by atoms with Gasteiger partial charge in [-0.15, -0.1) is 0 Å². The summed E-state index contributed by atoms with van der Waals surface area (Å²) in [4.78, 5) is 4.26. The lowest BCUT2D eigenvalue weighted by molar-refractivity contribution is 0.732. The number of hydrogen-bond donors (Lipinski definition) is 1. The van der Waals surface area contributed by atoms with Gasteiger partial charge in [-0.1, -0.05) is 0 Å². The monoisotopic (exact) mass is 260 g/mol. The SMILES string of the molecule is CSCC(N)Cc1ccc(Br)cn1. The number of nitrogens with zero attached hydrogens (tertiary/aromatic N) is 1. The number of pyridine rings is 1. The van der Waals surface area contributed by atoms with Crippen molar-refractivity contribution in [2.75, 3.05) is 12.0 Å². The number of thioether (sulfide) groups is 1. The van der Waals surface area contributed by atoms with Crippen molar-refractivity contribution in [1.29, 1.82) is 0 Å². The van der Waals surface area contributed by atoms with Crippen LogP contribution in [0.3, 0.4) is 0 Å². The number of nitrogens with two attached hydrogens (primary N) is 1. The van der Waals surface area contributed by atoms with E-state index in [1.54, 1.807) is 18.0 Å². The summed E-state index contributed by atoms with van der Waals surface area (Å²) in [6.45, 7) is 0. The van der Waals surface area contributed by atoms with E-state index in [2.05, 4.69) is 27.2 Å². The number of aromatic nitrogens is 1. The van der Waals surface area contributed by atoms with Crippen molar-refractivity contribution in [3.63, 3.8) is 0 Å². The van der Waals surface area contributed by atoms with Crippen molar-refractivity contribution in [1.82, 2.24) is 4.98 Å². The Labute approximate surface area is 91.4 Å². The van der Waals surface area contributed by atoms with Gasteiger partial charge in [0.05, 0.1) is 0 Å². The van der Waals surface area contributed by atoms with E-state index in [0.717, 1.165) is 22.3 Å². The zero-order valence-corrected chi connectivity index (χ0v) is 9.94. The fraction of sp³-hybridized carbons (Fsp3) is 0.444. The normalized spacial score (nSPS) is 12.8.